The molecule has 4 aromatic heterocycles. The van der Waals surface area contributed by atoms with E-state index in [1.165, 1.54) is 5.39 Å². The number of benzene rings is 7. The van der Waals surface area contributed by atoms with Crippen molar-refractivity contribution in [3.8, 4) is 40.1 Å². The maximum atomic E-state index is 5.41. The summed E-state index contributed by atoms with van der Waals surface area (Å²) in [5.41, 5.74) is 11.5. The Hall–Kier alpha value is -7.83. The summed E-state index contributed by atoms with van der Waals surface area (Å²) in [6, 6.07) is 59.4. The topological polar surface area (TPSA) is 53.5 Å². The second-order valence-corrected chi connectivity index (χ2v) is 14.5. The van der Waals surface area contributed by atoms with Gasteiger partial charge >= 0.3 is 0 Å². The molecule has 0 amide bonds. The second kappa shape index (κ2) is 13.4. The molecule has 0 atom stereocenters. The molecule has 0 aliphatic rings. The third kappa shape index (κ3) is 5.09. The van der Waals surface area contributed by atoms with Crippen molar-refractivity contribution in [3.63, 3.8) is 0 Å². The van der Waals surface area contributed by atoms with Gasteiger partial charge in [-0.1, -0.05) is 134 Å². The summed E-state index contributed by atoms with van der Waals surface area (Å²) in [6.45, 7) is 6.37. The first-order valence-corrected chi connectivity index (χ1v) is 19.5. The molecule has 6 nitrogen and oxygen atoms in total. The zero-order valence-electron chi connectivity index (χ0n) is 31.8. The van der Waals surface area contributed by atoms with Gasteiger partial charge < -0.3 is 9.13 Å². The van der Waals surface area contributed by atoms with Crippen LogP contribution in [0.25, 0.3) is 107 Å². The van der Waals surface area contributed by atoms with Crippen molar-refractivity contribution in [2.45, 2.75) is 6.92 Å². The van der Waals surface area contributed by atoms with Gasteiger partial charge in [0.15, 0.2) is 11.6 Å². The van der Waals surface area contributed by atoms with E-state index in [2.05, 4.69) is 191 Å². The monoisotopic (exact) mass is 744 g/mol. The fourth-order valence-electron chi connectivity index (χ4n) is 8.74. The fraction of sp³-hybridized carbons (Fsp3) is 0.0192. The molecule has 0 radical (unpaired) electrons. The van der Waals surface area contributed by atoms with Crippen LogP contribution in [0.5, 0.6) is 0 Å². The number of hydrogen-bond donors (Lipinski definition) is 0. The third-order valence-electron chi connectivity index (χ3n) is 11.2. The number of allylic oxidation sites excluding steroid dienone is 1. The SMILES string of the molecule is C=Cc1c(/C=C\C)c2ccc3c4ccccc4n(-c4nc(-c5ccccc5)nc(-c5ccc6c(c5)c5ccccc5n6-c5ccccc5)n4)c3c2n1-c1ccccc1. The van der Waals surface area contributed by atoms with Crippen molar-refractivity contribution in [3.05, 3.63) is 194 Å². The van der Waals surface area contributed by atoms with Crippen LogP contribution in [0.3, 0.4) is 0 Å². The Morgan fingerprint density at radius 3 is 1.66 bits per heavy atom. The summed E-state index contributed by atoms with van der Waals surface area (Å²) in [6.07, 6.45) is 6.23. The lowest BCUT2D eigenvalue weighted by Gasteiger charge is -2.14. The molecule has 0 saturated heterocycles. The van der Waals surface area contributed by atoms with E-state index in [1.54, 1.807) is 0 Å². The van der Waals surface area contributed by atoms with Crippen molar-refractivity contribution in [1.82, 2.24) is 28.7 Å². The summed E-state index contributed by atoms with van der Waals surface area (Å²) in [5, 5.41) is 5.64. The molecular weight excluding hydrogens is 709 g/mol. The minimum Gasteiger partial charge on any atom is -0.309 e. The summed E-state index contributed by atoms with van der Waals surface area (Å²) in [5.74, 6) is 1.74. The summed E-state index contributed by atoms with van der Waals surface area (Å²) >= 11 is 0. The van der Waals surface area contributed by atoms with Gasteiger partial charge in [-0.05, 0) is 67.6 Å². The van der Waals surface area contributed by atoms with Gasteiger partial charge in [0, 0.05) is 55.0 Å². The average molecular weight is 745 g/mol. The van der Waals surface area contributed by atoms with E-state index >= 15 is 0 Å². The number of para-hydroxylation sites is 4. The maximum absolute atomic E-state index is 5.41. The van der Waals surface area contributed by atoms with Gasteiger partial charge in [0.2, 0.25) is 5.95 Å². The second-order valence-electron chi connectivity index (χ2n) is 14.5. The third-order valence-corrected chi connectivity index (χ3v) is 11.2. The van der Waals surface area contributed by atoms with Crippen LogP contribution in [0.15, 0.2) is 183 Å². The molecule has 58 heavy (non-hydrogen) atoms. The molecule has 0 aliphatic carbocycles. The minimum atomic E-state index is 0.544. The molecule has 0 fully saturated rings. The van der Waals surface area contributed by atoms with Crippen molar-refractivity contribution < 1.29 is 0 Å². The van der Waals surface area contributed by atoms with E-state index < -0.39 is 0 Å². The molecule has 0 spiro atoms. The highest BCUT2D eigenvalue weighted by Gasteiger charge is 2.25. The average Bonchev–Trinajstić information content (AvgIpc) is 3.92. The molecule has 0 saturated carbocycles. The van der Waals surface area contributed by atoms with Crippen LogP contribution in [0.2, 0.25) is 0 Å². The van der Waals surface area contributed by atoms with E-state index in [9.17, 15) is 0 Å². The minimum absolute atomic E-state index is 0.544. The van der Waals surface area contributed by atoms with Gasteiger partial charge in [0.25, 0.3) is 0 Å². The van der Waals surface area contributed by atoms with Gasteiger partial charge in [0.05, 0.1) is 33.3 Å². The van der Waals surface area contributed by atoms with Crippen LogP contribution in [0.1, 0.15) is 18.2 Å². The molecule has 11 aromatic rings. The molecule has 0 N–H and O–H groups in total. The highest BCUT2D eigenvalue weighted by Crippen LogP contribution is 2.42. The van der Waals surface area contributed by atoms with E-state index in [0.29, 0.717) is 17.6 Å². The Balaban J connectivity index is 1.24. The van der Waals surface area contributed by atoms with Crippen LogP contribution in [0, 0.1) is 0 Å². The molecule has 0 bridgehead atoms. The first-order chi connectivity index (χ1) is 28.7. The molecular formula is C52H36N6. The van der Waals surface area contributed by atoms with Crippen molar-refractivity contribution in [1.29, 1.82) is 0 Å². The summed E-state index contributed by atoms with van der Waals surface area (Å²) in [7, 11) is 0. The Morgan fingerprint density at radius 2 is 0.983 bits per heavy atom. The number of rotatable bonds is 7. The van der Waals surface area contributed by atoms with E-state index in [-0.39, 0.29) is 0 Å². The van der Waals surface area contributed by atoms with Crippen LogP contribution < -0.4 is 0 Å². The lowest BCUT2D eigenvalue weighted by Crippen LogP contribution is -2.07. The summed E-state index contributed by atoms with van der Waals surface area (Å²) in [4.78, 5) is 15.9. The van der Waals surface area contributed by atoms with E-state index in [0.717, 1.165) is 82.9 Å². The Bertz CT molecular complexity index is 3410. The van der Waals surface area contributed by atoms with Crippen molar-refractivity contribution >= 4 is 66.7 Å². The molecule has 274 valence electrons. The number of nitrogens with zero attached hydrogens (tertiary/aromatic N) is 6. The molecule has 0 unspecified atom stereocenters. The van der Waals surface area contributed by atoms with Gasteiger partial charge in [-0.25, -0.2) is 4.98 Å². The van der Waals surface area contributed by atoms with Crippen LogP contribution in [-0.2, 0) is 0 Å². The van der Waals surface area contributed by atoms with Gasteiger partial charge in [-0.15, -0.1) is 0 Å². The van der Waals surface area contributed by atoms with Crippen molar-refractivity contribution in [2.24, 2.45) is 0 Å². The Kier molecular flexibility index (Phi) is 7.76. The van der Waals surface area contributed by atoms with Crippen molar-refractivity contribution in [2.75, 3.05) is 0 Å². The fourth-order valence-corrected chi connectivity index (χ4v) is 8.74. The predicted molar refractivity (Wildman–Crippen MR) is 241 cm³/mol. The molecule has 11 rings (SSSR count). The number of aromatic nitrogens is 6. The number of hydrogen-bond acceptors (Lipinski definition) is 3. The maximum Gasteiger partial charge on any atom is 0.238 e. The van der Waals surface area contributed by atoms with Gasteiger partial charge in [-0.3, -0.25) is 4.57 Å². The van der Waals surface area contributed by atoms with E-state index in [1.807, 2.05) is 24.3 Å². The Morgan fingerprint density at radius 1 is 0.448 bits per heavy atom. The van der Waals surface area contributed by atoms with Gasteiger partial charge in [-0.2, -0.15) is 9.97 Å². The van der Waals surface area contributed by atoms with Crippen LogP contribution in [0.4, 0.5) is 0 Å². The standard InChI is InChI=1S/C52H36N6/c1-3-18-38-41-30-31-42-39-25-14-17-28-46(39)58(49(42)48(41)57(44(38)4-2)37-23-12-7-13-24-37)52-54-50(34-19-8-5-9-20-34)53-51(55-52)35-29-32-47-43(33-35)40-26-15-16-27-45(40)56(47)36-21-10-6-11-22-36/h3-33H,2H2,1H3/b18-3-. The first kappa shape index (κ1) is 33.5. The largest absolute Gasteiger partial charge is 0.309 e. The van der Waals surface area contributed by atoms with Crippen LogP contribution in [-0.4, -0.2) is 28.7 Å². The molecule has 0 aliphatic heterocycles. The first-order valence-electron chi connectivity index (χ1n) is 19.5. The highest BCUT2D eigenvalue weighted by atomic mass is 15.2. The molecule has 4 heterocycles. The zero-order valence-corrected chi connectivity index (χ0v) is 31.8. The Labute approximate surface area is 334 Å². The quantitative estimate of drug-likeness (QED) is 0.163. The molecule has 6 heteroatoms. The van der Waals surface area contributed by atoms with Gasteiger partial charge in [0.1, 0.15) is 0 Å². The van der Waals surface area contributed by atoms with Crippen LogP contribution >= 0.6 is 0 Å². The highest BCUT2D eigenvalue weighted by molar-refractivity contribution is 6.20. The van der Waals surface area contributed by atoms with E-state index in [4.69, 9.17) is 15.0 Å². The lowest BCUT2D eigenvalue weighted by molar-refractivity contribution is 0.953. The lowest BCUT2D eigenvalue weighted by atomic mass is 10.1. The number of fused-ring (bicyclic) bond motifs is 8. The molecule has 7 aromatic carbocycles. The normalized spacial score (nSPS) is 11.9. The summed E-state index contributed by atoms with van der Waals surface area (Å²) < 4.78 is 6.88. The zero-order chi connectivity index (χ0) is 38.7. The predicted octanol–water partition coefficient (Wildman–Crippen LogP) is 13.0. The smallest absolute Gasteiger partial charge is 0.238 e.